The number of hydrogen-bond acceptors (Lipinski definition) is 4. The Labute approximate surface area is 68.2 Å². The van der Waals surface area contributed by atoms with Gasteiger partial charge in [0.2, 0.25) is 0 Å². The number of amides is 2. The summed E-state index contributed by atoms with van der Waals surface area (Å²) in [5.41, 5.74) is 6.37. The second-order valence-corrected chi connectivity index (χ2v) is 3.14. The third kappa shape index (κ3) is 1.74. The molecule has 0 aliphatic carbocycles. The second kappa shape index (κ2) is 2.96. The lowest BCUT2D eigenvalue weighted by Crippen LogP contribution is -2.35. The van der Waals surface area contributed by atoms with Crippen LogP contribution in [0.4, 0.5) is 4.79 Å². The summed E-state index contributed by atoms with van der Waals surface area (Å²) in [6, 6.07) is 0. The minimum Gasteiger partial charge on any atom is -0.402 e. The lowest BCUT2D eigenvalue weighted by molar-refractivity contribution is -0.116. The molecule has 0 aromatic heterocycles. The monoisotopic (exact) mass is 172 g/mol. The maximum atomic E-state index is 11.0. The quantitative estimate of drug-likeness (QED) is 0.512. The van der Waals surface area contributed by atoms with Crippen molar-refractivity contribution < 1.29 is 9.59 Å². The summed E-state index contributed by atoms with van der Waals surface area (Å²) in [5, 5.41) is 1.85. The Morgan fingerprint density at radius 2 is 2.27 bits per heavy atom. The van der Waals surface area contributed by atoms with Gasteiger partial charge in [-0.25, -0.2) is 0 Å². The predicted octanol–water partition coefficient (Wildman–Crippen LogP) is 0.202. The van der Waals surface area contributed by atoms with Gasteiger partial charge in [0.1, 0.15) is 0 Å². The molecule has 0 atom stereocenters. The molecule has 4 nitrogen and oxygen atoms in total. The van der Waals surface area contributed by atoms with Crippen molar-refractivity contribution in [2.24, 2.45) is 5.73 Å². The van der Waals surface area contributed by atoms with Crippen molar-refractivity contribution >= 4 is 22.9 Å². The zero-order chi connectivity index (χ0) is 8.43. The number of nitrogens with two attached hydrogens (primary N) is 1. The van der Waals surface area contributed by atoms with Crippen LogP contribution in [-0.2, 0) is 4.79 Å². The lowest BCUT2D eigenvalue weighted by Gasteiger charge is -2.13. The van der Waals surface area contributed by atoms with Crippen LogP contribution in [0.25, 0.3) is 0 Å². The molecule has 0 unspecified atom stereocenters. The number of rotatable bonds is 0. The summed E-state index contributed by atoms with van der Waals surface area (Å²) in [4.78, 5) is 21.6. The average Bonchev–Trinajstić information content (AvgIpc) is 1.85. The normalized spacial score (nSPS) is 23.0. The summed E-state index contributed by atoms with van der Waals surface area (Å²) >= 11 is 1.05. The van der Waals surface area contributed by atoms with Crippen LogP contribution in [0.3, 0.4) is 0 Å². The van der Waals surface area contributed by atoms with Gasteiger partial charge in [0.05, 0.1) is 0 Å². The highest BCUT2D eigenvalue weighted by molar-refractivity contribution is 8.13. The fourth-order valence-corrected chi connectivity index (χ4v) is 1.50. The summed E-state index contributed by atoms with van der Waals surface area (Å²) in [5.74, 6) is 0.0150. The van der Waals surface area contributed by atoms with E-state index in [1.807, 2.05) is 0 Å². The number of allylic oxidation sites excluding steroid dienone is 1. The van der Waals surface area contributed by atoms with E-state index < -0.39 is 0 Å². The summed E-state index contributed by atoms with van der Waals surface area (Å²) in [7, 11) is 0. The summed E-state index contributed by atoms with van der Waals surface area (Å²) < 4.78 is 0. The van der Waals surface area contributed by atoms with Crippen LogP contribution in [0.15, 0.2) is 11.3 Å². The van der Waals surface area contributed by atoms with Crippen molar-refractivity contribution in [3.63, 3.8) is 0 Å². The van der Waals surface area contributed by atoms with Crippen LogP contribution >= 0.6 is 11.8 Å². The first kappa shape index (κ1) is 8.13. The Kier molecular flexibility index (Phi) is 2.19. The van der Waals surface area contributed by atoms with Crippen LogP contribution in [-0.4, -0.2) is 16.9 Å². The third-order valence-corrected chi connectivity index (χ3v) is 2.11. The fraction of sp³-hybridized carbons (Fsp3) is 0.333. The van der Waals surface area contributed by atoms with E-state index in [1.165, 1.54) is 0 Å². The molecule has 1 saturated heterocycles. The molecule has 1 aliphatic heterocycles. The smallest absolute Gasteiger partial charge is 0.286 e. The van der Waals surface area contributed by atoms with Gasteiger partial charge in [-0.15, -0.1) is 0 Å². The van der Waals surface area contributed by atoms with Gasteiger partial charge in [-0.1, -0.05) is 11.8 Å². The van der Waals surface area contributed by atoms with Gasteiger partial charge in [0.25, 0.3) is 11.1 Å². The van der Waals surface area contributed by atoms with Crippen molar-refractivity contribution in [3.8, 4) is 0 Å². The van der Waals surface area contributed by atoms with Crippen LogP contribution in [0.1, 0.15) is 6.92 Å². The molecule has 2 amide bonds. The van der Waals surface area contributed by atoms with Gasteiger partial charge < -0.3 is 5.73 Å². The molecule has 1 rings (SSSR count). The first-order valence-corrected chi connectivity index (χ1v) is 4.03. The molecule has 1 aliphatic rings. The number of imide groups is 1. The molecule has 60 valence electrons. The van der Waals surface area contributed by atoms with Gasteiger partial charge in [-0.2, -0.15) is 0 Å². The molecule has 1 heterocycles. The van der Waals surface area contributed by atoms with E-state index in [0.717, 1.165) is 11.8 Å². The number of nitrogens with one attached hydrogen (secondary N) is 1. The minimum absolute atomic E-state index is 0.306. The highest BCUT2D eigenvalue weighted by atomic mass is 32.2. The van der Waals surface area contributed by atoms with E-state index in [9.17, 15) is 9.59 Å². The third-order valence-electron chi connectivity index (χ3n) is 1.31. The van der Waals surface area contributed by atoms with Gasteiger partial charge in [-0.3, -0.25) is 14.9 Å². The van der Waals surface area contributed by atoms with E-state index in [0.29, 0.717) is 17.0 Å². The molecule has 0 spiro atoms. The first-order chi connectivity index (χ1) is 5.11. The summed E-state index contributed by atoms with van der Waals surface area (Å²) in [6.07, 6.45) is 0. The number of hydrogen-bond donors (Lipinski definition) is 2. The zero-order valence-electron chi connectivity index (χ0n) is 6.01. The standard InChI is InChI=1S/C6H8N2O2S/c1-3(7)4-2-11-6(10)8-5(4)9/h2,7H2,1H3,(H,8,9,10). The van der Waals surface area contributed by atoms with Crippen LogP contribution in [0.5, 0.6) is 0 Å². The SMILES string of the molecule is CC(N)=C1CSC(=O)NC1=O. The molecule has 0 aromatic rings. The fourth-order valence-electron chi connectivity index (χ4n) is 0.700. The molecule has 3 N–H and O–H groups in total. The Morgan fingerprint density at radius 1 is 1.64 bits per heavy atom. The topological polar surface area (TPSA) is 72.2 Å². The molecule has 0 bridgehead atoms. The molecule has 0 radical (unpaired) electrons. The van der Waals surface area contributed by atoms with E-state index in [1.54, 1.807) is 6.92 Å². The van der Waals surface area contributed by atoms with Crippen molar-refractivity contribution in [1.29, 1.82) is 0 Å². The van der Waals surface area contributed by atoms with E-state index in [2.05, 4.69) is 5.32 Å². The van der Waals surface area contributed by atoms with E-state index >= 15 is 0 Å². The molecular weight excluding hydrogens is 164 g/mol. The molecular formula is C6H8N2O2S. The van der Waals surface area contributed by atoms with Crippen LogP contribution < -0.4 is 11.1 Å². The highest BCUT2D eigenvalue weighted by Crippen LogP contribution is 2.15. The molecule has 5 heteroatoms. The maximum Gasteiger partial charge on any atom is 0.286 e. The highest BCUT2D eigenvalue weighted by Gasteiger charge is 2.21. The minimum atomic E-state index is -0.367. The van der Waals surface area contributed by atoms with Gasteiger partial charge in [0, 0.05) is 17.0 Å². The molecule has 11 heavy (non-hydrogen) atoms. The Morgan fingerprint density at radius 3 is 2.73 bits per heavy atom. The van der Waals surface area contributed by atoms with Gasteiger partial charge in [-0.05, 0) is 6.92 Å². The number of carbonyl (C=O) groups excluding carboxylic acids is 2. The largest absolute Gasteiger partial charge is 0.402 e. The zero-order valence-corrected chi connectivity index (χ0v) is 6.83. The predicted molar refractivity (Wildman–Crippen MR) is 42.9 cm³/mol. The summed E-state index contributed by atoms with van der Waals surface area (Å²) in [6.45, 7) is 1.64. The van der Waals surface area contributed by atoms with Crippen molar-refractivity contribution in [2.45, 2.75) is 6.92 Å². The van der Waals surface area contributed by atoms with Gasteiger partial charge in [0.15, 0.2) is 0 Å². The molecule has 0 saturated carbocycles. The lowest BCUT2D eigenvalue weighted by atomic mass is 10.2. The van der Waals surface area contributed by atoms with E-state index in [-0.39, 0.29) is 11.1 Å². The molecule has 1 fully saturated rings. The maximum absolute atomic E-state index is 11.0. The van der Waals surface area contributed by atoms with Crippen LogP contribution in [0.2, 0.25) is 0 Å². The number of carbonyl (C=O) groups is 2. The van der Waals surface area contributed by atoms with Crippen molar-refractivity contribution in [2.75, 3.05) is 5.75 Å². The Hall–Kier alpha value is -0.970. The Bertz CT molecular complexity index is 243. The number of thioether (sulfide) groups is 1. The van der Waals surface area contributed by atoms with Gasteiger partial charge >= 0.3 is 0 Å². The van der Waals surface area contributed by atoms with Crippen LogP contribution in [0, 0.1) is 0 Å². The van der Waals surface area contributed by atoms with E-state index in [4.69, 9.17) is 5.73 Å². The van der Waals surface area contributed by atoms with Crippen molar-refractivity contribution in [3.05, 3.63) is 11.3 Å². The van der Waals surface area contributed by atoms with Crippen molar-refractivity contribution in [1.82, 2.24) is 5.32 Å². The average molecular weight is 172 g/mol. The Balaban J connectivity index is 2.81. The molecule has 0 aromatic carbocycles. The second-order valence-electron chi connectivity index (χ2n) is 2.19. The first-order valence-electron chi connectivity index (χ1n) is 3.04.